The van der Waals surface area contributed by atoms with Gasteiger partial charge in [0.2, 0.25) is 0 Å². The van der Waals surface area contributed by atoms with Gasteiger partial charge in [-0.2, -0.15) is 0 Å². The molecule has 5 aromatic rings. The summed E-state index contributed by atoms with van der Waals surface area (Å²) in [6.45, 7) is 1.91. The van der Waals surface area contributed by atoms with Gasteiger partial charge in [-0.15, -0.1) is 0 Å². The molecule has 6 rings (SSSR count). The third-order valence-electron chi connectivity index (χ3n) is 7.52. The van der Waals surface area contributed by atoms with E-state index in [-0.39, 0.29) is 17.7 Å². The molecular weight excluding hydrogens is 576 g/mol. The highest BCUT2D eigenvalue weighted by Crippen LogP contribution is 2.42. The highest BCUT2D eigenvalue weighted by molar-refractivity contribution is 7.07. The van der Waals surface area contributed by atoms with Crippen LogP contribution in [0.3, 0.4) is 0 Å². The summed E-state index contributed by atoms with van der Waals surface area (Å²) in [7, 11) is 4.74. The number of hydrogen-bond acceptors (Lipinski definition) is 8. The predicted octanol–water partition coefficient (Wildman–Crippen LogP) is 5.11. The highest BCUT2D eigenvalue weighted by atomic mass is 32.1. The van der Waals surface area contributed by atoms with Crippen LogP contribution in [0.5, 0.6) is 17.2 Å². The number of fused-ring (bicyclic) bond motifs is 2. The van der Waals surface area contributed by atoms with Gasteiger partial charge >= 0.3 is 5.97 Å². The Labute approximate surface area is 257 Å². The molecule has 0 radical (unpaired) electrons. The lowest BCUT2D eigenvalue weighted by Gasteiger charge is -2.28. The molecule has 0 N–H and O–H groups in total. The fourth-order valence-electron chi connectivity index (χ4n) is 5.54. The molecule has 0 fully saturated rings. The van der Waals surface area contributed by atoms with Gasteiger partial charge in [0.1, 0.15) is 23.3 Å². The number of esters is 1. The van der Waals surface area contributed by atoms with E-state index in [1.165, 1.54) is 11.3 Å². The largest absolute Gasteiger partial charge is 0.497 e. The lowest BCUT2D eigenvalue weighted by atomic mass is 9.89. The zero-order valence-corrected chi connectivity index (χ0v) is 25.5. The summed E-state index contributed by atoms with van der Waals surface area (Å²) < 4.78 is 24.5. The van der Waals surface area contributed by atoms with Gasteiger partial charge in [-0.3, -0.25) is 9.36 Å². The van der Waals surface area contributed by atoms with Gasteiger partial charge in [-0.25, -0.2) is 9.79 Å². The van der Waals surface area contributed by atoms with Crippen LogP contribution in [0.15, 0.2) is 100 Å². The third-order valence-corrected chi connectivity index (χ3v) is 8.50. The number of ether oxygens (including phenoxy) is 4. The SMILES string of the molecule is CCOC(=O)C1=C(c2ccccc2)N=c2s/c(=C/c3cc(OC)ccc3OC)c(=O)n2[C@H]1c1c(OC)ccc2ccccc12. The Morgan fingerprint density at radius 2 is 1.64 bits per heavy atom. The van der Waals surface area contributed by atoms with E-state index < -0.39 is 12.0 Å². The minimum Gasteiger partial charge on any atom is -0.497 e. The first kappa shape index (κ1) is 28.9. The minimum atomic E-state index is -0.893. The van der Waals surface area contributed by atoms with E-state index in [1.54, 1.807) is 51.0 Å². The smallest absolute Gasteiger partial charge is 0.338 e. The fourth-order valence-corrected chi connectivity index (χ4v) is 6.53. The van der Waals surface area contributed by atoms with Crippen LogP contribution in [0.2, 0.25) is 0 Å². The summed E-state index contributed by atoms with van der Waals surface area (Å²) >= 11 is 1.24. The van der Waals surface area contributed by atoms with E-state index in [1.807, 2.05) is 72.8 Å². The van der Waals surface area contributed by atoms with Gasteiger partial charge in [-0.05, 0) is 48.0 Å². The van der Waals surface area contributed by atoms with E-state index >= 15 is 0 Å². The van der Waals surface area contributed by atoms with Crippen molar-refractivity contribution in [2.45, 2.75) is 13.0 Å². The maximum Gasteiger partial charge on any atom is 0.338 e. The Kier molecular flexibility index (Phi) is 8.04. The molecule has 0 amide bonds. The fraction of sp³-hybridized carbons (Fsp3) is 0.171. The molecule has 222 valence electrons. The number of carbonyl (C=O) groups is 1. The van der Waals surface area contributed by atoms with E-state index in [2.05, 4.69) is 0 Å². The topological polar surface area (TPSA) is 88.4 Å². The number of thiazole rings is 1. The molecule has 0 saturated carbocycles. The van der Waals surface area contributed by atoms with Gasteiger partial charge in [-0.1, -0.05) is 72.0 Å². The summed E-state index contributed by atoms with van der Waals surface area (Å²) in [5.41, 5.74) is 2.45. The molecule has 0 bridgehead atoms. The van der Waals surface area contributed by atoms with Crippen LogP contribution in [-0.4, -0.2) is 38.5 Å². The molecule has 0 unspecified atom stereocenters. The van der Waals surface area contributed by atoms with Crippen LogP contribution in [0.1, 0.15) is 29.7 Å². The van der Waals surface area contributed by atoms with Crippen molar-refractivity contribution in [3.05, 3.63) is 127 Å². The molecule has 8 nitrogen and oxygen atoms in total. The van der Waals surface area contributed by atoms with E-state index in [4.69, 9.17) is 23.9 Å². The second kappa shape index (κ2) is 12.2. The van der Waals surface area contributed by atoms with Gasteiger partial charge < -0.3 is 18.9 Å². The van der Waals surface area contributed by atoms with Crippen LogP contribution < -0.4 is 29.1 Å². The number of hydrogen-bond donors (Lipinski definition) is 0. The second-order valence-electron chi connectivity index (χ2n) is 9.94. The van der Waals surface area contributed by atoms with E-state index in [9.17, 15) is 9.59 Å². The molecule has 0 saturated heterocycles. The van der Waals surface area contributed by atoms with Crippen molar-refractivity contribution in [3.63, 3.8) is 0 Å². The van der Waals surface area contributed by atoms with Crippen LogP contribution in [0, 0.1) is 0 Å². The van der Waals surface area contributed by atoms with Gasteiger partial charge in [0.15, 0.2) is 4.80 Å². The predicted molar refractivity (Wildman–Crippen MR) is 171 cm³/mol. The number of aromatic nitrogens is 1. The van der Waals surface area contributed by atoms with Crippen LogP contribution >= 0.6 is 11.3 Å². The number of carbonyl (C=O) groups excluding carboxylic acids is 1. The summed E-state index contributed by atoms with van der Waals surface area (Å²) in [4.78, 5) is 33.8. The van der Waals surface area contributed by atoms with Gasteiger partial charge in [0, 0.05) is 16.7 Å². The van der Waals surface area contributed by atoms with Crippen LogP contribution in [0.4, 0.5) is 0 Å². The van der Waals surface area contributed by atoms with Crippen molar-refractivity contribution in [3.8, 4) is 17.2 Å². The zero-order chi connectivity index (χ0) is 30.8. The normalized spacial score (nSPS) is 14.6. The Hall–Kier alpha value is -5.15. The summed E-state index contributed by atoms with van der Waals surface area (Å²) in [5.74, 6) is 1.19. The number of nitrogens with zero attached hydrogens (tertiary/aromatic N) is 2. The Morgan fingerprint density at radius 1 is 0.909 bits per heavy atom. The van der Waals surface area contributed by atoms with Crippen molar-refractivity contribution in [1.82, 2.24) is 4.57 Å². The molecule has 1 atom stereocenters. The first-order chi connectivity index (χ1) is 21.5. The molecule has 0 spiro atoms. The average molecular weight is 607 g/mol. The molecule has 9 heteroatoms. The van der Waals surface area contributed by atoms with Crippen LogP contribution in [-0.2, 0) is 9.53 Å². The van der Waals surface area contributed by atoms with E-state index in [0.29, 0.717) is 43.4 Å². The maximum atomic E-state index is 14.5. The molecule has 1 aliphatic rings. The maximum absolute atomic E-state index is 14.5. The second-order valence-corrected chi connectivity index (χ2v) is 11.0. The molecule has 0 aliphatic carbocycles. The highest BCUT2D eigenvalue weighted by Gasteiger charge is 2.37. The van der Waals surface area contributed by atoms with Crippen molar-refractivity contribution < 1.29 is 23.7 Å². The molecule has 1 aromatic heterocycles. The number of benzene rings is 4. The summed E-state index contributed by atoms with van der Waals surface area (Å²) in [6, 6.07) is 25.6. The quantitative estimate of drug-likeness (QED) is 0.228. The standard InChI is InChI=1S/C35H30N2O6S/c1-5-43-34(39)30-31(22-12-7-6-8-13-22)36-35-37(32(30)29-25-14-10-9-11-21(25)15-17-27(29)42-4)33(38)28(44-35)20-23-19-24(40-2)16-18-26(23)41-3/h6-20,32H,5H2,1-4H3/b28-20+/t32-/m0/s1. The monoisotopic (exact) mass is 606 g/mol. The minimum absolute atomic E-state index is 0.157. The first-order valence-corrected chi connectivity index (χ1v) is 14.9. The summed E-state index contributed by atoms with van der Waals surface area (Å²) in [6.07, 6.45) is 1.76. The molecule has 2 heterocycles. The number of methoxy groups -OCH3 is 3. The average Bonchev–Trinajstić information content (AvgIpc) is 3.37. The first-order valence-electron chi connectivity index (χ1n) is 14.0. The lowest BCUT2D eigenvalue weighted by molar-refractivity contribution is -0.138. The van der Waals surface area contributed by atoms with Crippen molar-refractivity contribution in [2.24, 2.45) is 4.99 Å². The summed E-state index contributed by atoms with van der Waals surface area (Å²) in [5, 5.41) is 1.78. The molecule has 1 aliphatic heterocycles. The number of rotatable bonds is 8. The van der Waals surface area contributed by atoms with Gasteiger partial charge in [0.05, 0.1) is 43.7 Å². The zero-order valence-electron chi connectivity index (χ0n) is 24.7. The Balaban J connectivity index is 1.74. The van der Waals surface area contributed by atoms with Gasteiger partial charge in [0.25, 0.3) is 5.56 Å². The lowest BCUT2D eigenvalue weighted by Crippen LogP contribution is -2.40. The van der Waals surface area contributed by atoms with Crippen molar-refractivity contribution >= 4 is 39.9 Å². The Morgan fingerprint density at radius 3 is 2.36 bits per heavy atom. The van der Waals surface area contributed by atoms with Crippen molar-refractivity contribution in [1.29, 1.82) is 0 Å². The Bertz CT molecular complexity index is 2100. The third kappa shape index (κ3) is 5.05. The van der Waals surface area contributed by atoms with Crippen molar-refractivity contribution in [2.75, 3.05) is 27.9 Å². The molecule has 4 aromatic carbocycles. The molecular formula is C35H30N2O6S. The van der Waals surface area contributed by atoms with E-state index in [0.717, 1.165) is 16.3 Å². The molecule has 44 heavy (non-hydrogen) atoms. The van der Waals surface area contributed by atoms with Crippen LogP contribution in [0.25, 0.3) is 22.5 Å².